The number of carbonyl (C=O) groups is 2. The molecular weight excluding hydrogens is 314 g/mol. The van der Waals surface area contributed by atoms with Gasteiger partial charge in [0.1, 0.15) is 0 Å². The first-order valence-corrected chi connectivity index (χ1v) is 7.87. The Hall–Kier alpha value is -1.59. The zero-order chi connectivity index (χ0) is 16.3. The van der Waals surface area contributed by atoms with E-state index >= 15 is 0 Å². The molecule has 1 aromatic rings. The highest BCUT2D eigenvalue weighted by molar-refractivity contribution is 6.00. The van der Waals surface area contributed by atoms with E-state index in [9.17, 15) is 9.59 Å². The molecule has 0 aromatic heterocycles. The number of rotatable bonds is 4. The number of hydrogen-bond donors (Lipinski definition) is 2. The second-order valence-electron chi connectivity index (χ2n) is 6.11. The maximum absolute atomic E-state index is 12.5. The molecule has 1 saturated heterocycles. The molecule has 2 atom stereocenters. The van der Waals surface area contributed by atoms with E-state index < -0.39 is 0 Å². The topological polar surface area (TPSA) is 75.4 Å². The van der Waals surface area contributed by atoms with Crippen molar-refractivity contribution in [2.24, 2.45) is 11.7 Å². The summed E-state index contributed by atoms with van der Waals surface area (Å²) in [5, 5.41) is 2.89. The minimum atomic E-state index is -0.280. The summed E-state index contributed by atoms with van der Waals surface area (Å²) in [6.07, 6.45) is 2.13. The van der Waals surface area contributed by atoms with Crippen LogP contribution in [0.15, 0.2) is 18.2 Å². The summed E-state index contributed by atoms with van der Waals surface area (Å²) in [7, 11) is 0. The number of benzene rings is 1. The molecule has 3 N–H and O–H groups in total. The molecule has 1 aromatic carbocycles. The highest BCUT2D eigenvalue weighted by Gasteiger charge is 2.23. The Morgan fingerprint density at radius 1 is 1.22 bits per heavy atom. The van der Waals surface area contributed by atoms with E-state index in [1.165, 1.54) is 0 Å². The number of nitrogens with two attached hydrogens (primary N) is 1. The van der Waals surface area contributed by atoms with Gasteiger partial charge < -0.3 is 16.0 Å². The van der Waals surface area contributed by atoms with Gasteiger partial charge >= 0.3 is 0 Å². The molecule has 0 spiro atoms. The number of amides is 2. The zero-order valence-electron chi connectivity index (χ0n) is 14.0. The third kappa shape index (κ3) is 4.45. The molecule has 2 rings (SSSR count). The summed E-state index contributed by atoms with van der Waals surface area (Å²) >= 11 is 0. The fourth-order valence-corrected chi connectivity index (χ4v) is 2.58. The Labute approximate surface area is 144 Å². The standard InChI is InChI=1S/C17H25N3O2.ClH/c1-11(13(3)18)16(21)19-15-8-6-7-14(12(15)2)17(22)20-9-4-5-10-20;/h6-8,11,13H,4-5,9-10,18H2,1-3H3,(H,19,21);1H. The van der Waals surface area contributed by atoms with E-state index in [1.54, 1.807) is 6.92 Å². The van der Waals surface area contributed by atoms with Crippen LogP contribution in [0.3, 0.4) is 0 Å². The van der Waals surface area contributed by atoms with E-state index in [0.29, 0.717) is 11.3 Å². The number of hydrogen-bond acceptors (Lipinski definition) is 3. The summed E-state index contributed by atoms with van der Waals surface area (Å²) in [5.74, 6) is -0.354. The molecule has 1 heterocycles. The van der Waals surface area contributed by atoms with Gasteiger partial charge in [-0.2, -0.15) is 0 Å². The van der Waals surface area contributed by atoms with E-state index in [1.807, 2.05) is 36.9 Å². The lowest BCUT2D eigenvalue weighted by molar-refractivity contribution is -0.119. The smallest absolute Gasteiger partial charge is 0.254 e. The van der Waals surface area contributed by atoms with Crippen LogP contribution in [0, 0.1) is 12.8 Å². The molecule has 6 heteroatoms. The van der Waals surface area contributed by atoms with Crippen LogP contribution in [0.4, 0.5) is 5.69 Å². The van der Waals surface area contributed by atoms with Crippen molar-refractivity contribution in [3.63, 3.8) is 0 Å². The molecule has 0 saturated carbocycles. The molecule has 1 fully saturated rings. The predicted octanol–water partition coefficient (Wildman–Crippen LogP) is 2.57. The molecule has 23 heavy (non-hydrogen) atoms. The normalized spacial score (nSPS) is 16.4. The Morgan fingerprint density at radius 3 is 2.39 bits per heavy atom. The first-order chi connectivity index (χ1) is 10.4. The molecule has 0 bridgehead atoms. The van der Waals surface area contributed by atoms with Gasteiger partial charge in [-0.1, -0.05) is 13.0 Å². The number of nitrogens with zero attached hydrogens (tertiary/aromatic N) is 1. The number of anilines is 1. The van der Waals surface area contributed by atoms with Crippen molar-refractivity contribution in [2.45, 2.75) is 39.7 Å². The molecular formula is C17H26ClN3O2. The maximum Gasteiger partial charge on any atom is 0.254 e. The lowest BCUT2D eigenvalue weighted by Crippen LogP contribution is -2.34. The fraction of sp³-hybridized carbons (Fsp3) is 0.529. The minimum Gasteiger partial charge on any atom is -0.339 e. The summed E-state index contributed by atoms with van der Waals surface area (Å²) in [4.78, 5) is 26.6. The molecule has 5 nitrogen and oxygen atoms in total. The number of carbonyl (C=O) groups excluding carboxylic acids is 2. The third-order valence-corrected chi connectivity index (χ3v) is 4.42. The second kappa shape index (κ2) is 8.31. The van der Waals surface area contributed by atoms with Crippen LogP contribution in [0.25, 0.3) is 0 Å². The zero-order valence-corrected chi connectivity index (χ0v) is 14.8. The van der Waals surface area contributed by atoms with Gasteiger partial charge in [-0.3, -0.25) is 9.59 Å². The summed E-state index contributed by atoms with van der Waals surface area (Å²) in [6.45, 7) is 7.11. The van der Waals surface area contributed by atoms with Crippen molar-refractivity contribution in [1.82, 2.24) is 4.90 Å². The average molecular weight is 340 g/mol. The predicted molar refractivity (Wildman–Crippen MR) is 95.0 cm³/mol. The molecule has 2 unspecified atom stereocenters. The van der Waals surface area contributed by atoms with Crippen LogP contribution < -0.4 is 11.1 Å². The maximum atomic E-state index is 12.5. The van der Waals surface area contributed by atoms with E-state index in [0.717, 1.165) is 31.5 Å². The quantitative estimate of drug-likeness (QED) is 0.885. The molecule has 2 amide bonds. The largest absolute Gasteiger partial charge is 0.339 e. The van der Waals surface area contributed by atoms with Crippen LogP contribution in [0.1, 0.15) is 42.6 Å². The molecule has 0 radical (unpaired) electrons. The van der Waals surface area contributed by atoms with Crippen molar-refractivity contribution in [3.05, 3.63) is 29.3 Å². The first-order valence-electron chi connectivity index (χ1n) is 7.87. The van der Waals surface area contributed by atoms with Crippen molar-refractivity contribution < 1.29 is 9.59 Å². The van der Waals surface area contributed by atoms with Gasteiger partial charge in [-0.05, 0) is 44.4 Å². The molecule has 0 aliphatic carbocycles. The molecule has 128 valence electrons. The fourth-order valence-electron chi connectivity index (χ4n) is 2.58. The van der Waals surface area contributed by atoms with Crippen LogP contribution >= 0.6 is 12.4 Å². The Balaban J connectivity index is 0.00000264. The number of likely N-dealkylation sites (tertiary alicyclic amines) is 1. The molecule has 1 aliphatic heterocycles. The highest BCUT2D eigenvalue weighted by Crippen LogP contribution is 2.23. The summed E-state index contributed by atoms with van der Waals surface area (Å²) < 4.78 is 0. The van der Waals surface area contributed by atoms with E-state index in [4.69, 9.17) is 5.73 Å². The van der Waals surface area contributed by atoms with Crippen LogP contribution in [0.5, 0.6) is 0 Å². The number of nitrogens with one attached hydrogen (secondary N) is 1. The van der Waals surface area contributed by atoms with Gasteiger partial charge in [0.15, 0.2) is 0 Å². The Morgan fingerprint density at radius 2 is 1.83 bits per heavy atom. The lowest BCUT2D eigenvalue weighted by atomic mass is 10.0. The van der Waals surface area contributed by atoms with Crippen molar-refractivity contribution >= 4 is 29.9 Å². The van der Waals surface area contributed by atoms with Crippen molar-refractivity contribution in [1.29, 1.82) is 0 Å². The Kier molecular flexibility index (Phi) is 7.03. The van der Waals surface area contributed by atoms with Gasteiger partial charge in [0.05, 0.1) is 5.92 Å². The average Bonchev–Trinajstić information content (AvgIpc) is 3.02. The second-order valence-corrected chi connectivity index (χ2v) is 6.11. The van der Waals surface area contributed by atoms with Gasteiger partial charge in [0.25, 0.3) is 5.91 Å². The van der Waals surface area contributed by atoms with Crippen LogP contribution in [-0.4, -0.2) is 35.8 Å². The van der Waals surface area contributed by atoms with Gasteiger partial charge in [0.2, 0.25) is 5.91 Å². The van der Waals surface area contributed by atoms with Gasteiger partial charge in [-0.15, -0.1) is 12.4 Å². The van der Waals surface area contributed by atoms with Crippen molar-refractivity contribution in [2.75, 3.05) is 18.4 Å². The Bertz CT molecular complexity index is 569. The summed E-state index contributed by atoms with van der Waals surface area (Å²) in [5.41, 5.74) is 7.92. The third-order valence-electron chi connectivity index (χ3n) is 4.42. The molecule has 1 aliphatic rings. The number of halogens is 1. The van der Waals surface area contributed by atoms with Gasteiger partial charge in [-0.25, -0.2) is 0 Å². The minimum absolute atomic E-state index is 0. The van der Waals surface area contributed by atoms with E-state index in [-0.39, 0.29) is 36.2 Å². The van der Waals surface area contributed by atoms with Gasteiger partial charge in [0, 0.05) is 30.4 Å². The van der Waals surface area contributed by atoms with Crippen molar-refractivity contribution in [3.8, 4) is 0 Å². The highest BCUT2D eigenvalue weighted by atomic mass is 35.5. The SMILES string of the molecule is Cc1c(NC(=O)C(C)C(C)N)cccc1C(=O)N1CCCC1.Cl. The monoisotopic (exact) mass is 339 g/mol. The first kappa shape index (κ1) is 19.5. The van der Waals surface area contributed by atoms with Crippen LogP contribution in [0.2, 0.25) is 0 Å². The van der Waals surface area contributed by atoms with E-state index in [2.05, 4.69) is 5.32 Å². The van der Waals surface area contributed by atoms with Crippen LogP contribution in [-0.2, 0) is 4.79 Å². The summed E-state index contributed by atoms with van der Waals surface area (Å²) in [6, 6.07) is 5.24. The lowest BCUT2D eigenvalue weighted by Gasteiger charge is -2.20.